The lowest BCUT2D eigenvalue weighted by Crippen LogP contribution is -2.40. The molecule has 1 aromatic carbocycles. The molecule has 174 valence electrons. The molecule has 2 aromatic heterocycles. The van der Waals surface area contributed by atoms with Gasteiger partial charge in [-0.25, -0.2) is 4.98 Å². The Hall–Kier alpha value is -3.13. The number of hydrogen-bond acceptors (Lipinski definition) is 6. The lowest BCUT2D eigenvalue weighted by atomic mass is 9.92. The lowest BCUT2D eigenvalue weighted by molar-refractivity contribution is 0.0506. The summed E-state index contributed by atoms with van der Waals surface area (Å²) in [6.07, 6.45) is 4.90. The zero-order valence-electron chi connectivity index (χ0n) is 19.5. The van der Waals surface area contributed by atoms with Gasteiger partial charge in [0.1, 0.15) is 11.9 Å². The van der Waals surface area contributed by atoms with Gasteiger partial charge in [0.2, 0.25) is 0 Å². The van der Waals surface area contributed by atoms with E-state index in [9.17, 15) is 10.5 Å². The van der Waals surface area contributed by atoms with E-state index >= 15 is 0 Å². The molecule has 3 aliphatic rings. The van der Waals surface area contributed by atoms with Crippen LogP contribution in [0.2, 0.25) is 0 Å². The minimum absolute atomic E-state index is 0.130. The smallest absolute Gasteiger partial charge is 0.157 e. The normalized spacial score (nSPS) is 20.4. The fourth-order valence-electron chi connectivity index (χ4n) is 6.10. The SMILES string of the molecule is N#Cc1c2c(c(N3CCC(C#N)CC3)n3c1nc1ccccc13)CN(CC1CCOCC1)CC2. The van der Waals surface area contributed by atoms with Gasteiger partial charge in [-0.2, -0.15) is 10.5 Å². The standard InChI is InChI=1S/C27H30N6O/c28-15-19-5-11-32(12-6-19)27-23-18-31(17-20-8-13-34-14-9-20)10-7-21(23)22(16-29)26-30-24-3-1-2-4-25(24)33(26)27/h1-4,19-20H,5-14,17-18H2. The number of nitriles is 2. The first-order valence-corrected chi connectivity index (χ1v) is 12.6. The molecule has 2 saturated heterocycles. The number of benzene rings is 1. The molecule has 0 radical (unpaired) electrons. The Balaban J connectivity index is 1.49. The van der Waals surface area contributed by atoms with Crippen LogP contribution in [-0.4, -0.2) is 53.7 Å². The predicted molar refractivity (Wildman–Crippen MR) is 130 cm³/mol. The van der Waals surface area contributed by atoms with Gasteiger partial charge in [-0.05, 0) is 55.7 Å². The van der Waals surface area contributed by atoms with Gasteiger partial charge in [0.05, 0.1) is 22.7 Å². The number of hydrogen-bond donors (Lipinski definition) is 0. The van der Waals surface area contributed by atoms with Crippen LogP contribution in [0.25, 0.3) is 16.7 Å². The summed E-state index contributed by atoms with van der Waals surface area (Å²) in [5.74, 6) is 2.00. The third-order valence-corrected chi connectivity index (χ3v) is 7.94. The topological polar surface area (TPSA) is 80.6 Å². The number of imidazole rings is 1. The molecule has 0 saturated carbocycles. The van der Waals surface area contributed by atoms with Crippen LogP contribution in [0, 0.1) is 34.5 Å². The monoisotopic (exact) mass is 454 g/mol. The van der Waals surface area contributed by atoms with Gasteiger partial charge in [-0.15, -0.1) is 0 Å². The maximum atomic E-state index is 10.2. The van der Waals surface area contributed by atoms with Crippen molar-refractivity contribution in [2.24, 2.45) is 11.8 Å². The van der Waals surface area contributed by atoms with Crippen molar-refractivity contribution in [3.05, 3.63) is 41.0 Å². The first-order chi connectivity index (χ1) is 16.8. The van der Waals surface area contributed by atoms with Gasteiger partial charge in [0, 0.05) is 57.4 Å². The number of aromatic nitrogens is 2. The number of ether oxygens (including phenoxy) is 1. The van der Waals surface area contributed by atoms with Crippen LogP contribution in [0.5, 0.6) is 0 Å². The minimum atomic E-state index is 0.130. The van der Waals surface area contributed by atoms with Crippen LogP contribution in [-0.2, 0) is 17.7 Å². The van der Waals surface area contributed by atoms with Crippen molar-refractivity contribution in [2.75, 3.05) is 44.3 Å². The second-order valence-electron chi connectivity index (χ2n) is 9.96. The summed E-state index contributed by atoms with van der Waals surface area (Å²) in [6, 6.07) is 13.2. The summed E-state index contributed by atoms with van der Waals surface area (Å²) in [5.41, 5.74) is 5.93. The van der Waals surface area contributed by atoms with Crippen LogP contribution >= 0.6 is 0 Å². The van der Waals surface area contributed by atoms with Crippen LogP contribution < -0.4 is 4.90 Å². The first-order valence-electron chi connectivity index (χ1n) is 12.6. The van der Waals surface area contributed by atoms with Gasteiger partial charge < -0.3 is 9.64 Å². The fourth-order valence-corrected chi connectivity index (χ4v) is 6.10. The maximum absolute atomic E-state index is 10.2. The van der Waals surface area contributed by atoms with Gasteiger partial charge >= 0.3 is 0 Å². The summed E-state index contributed by atoms with van der Waals surface area (Å²) in [7, 11) is 0. The molecule has 2 fully saturated rings. The van der Waals surface area contributed by atoms with E-state index in [1.165, 1.54) is 16.9 Å². The molecule has 34 heavy (non-hydrogen) atoms. The van der Waals surface area contributed by atoms with E-state index in [4.69, 9.17) is 9.72 Å². The Morgan fingerprint density at radius 1 is 1.00 bits per heavy atom. The largest absolute Gasteiger partial charge is 0.381 e. The van der Waals surface area contributed by atoms with Crippen molar-refractivity contribution in [3.63, 3.8) is 0 Å². The highest BCUT2D eigenvalue weighted by atomic mass is 16.5. The molecule has 3 aromatic rings. The van der Waals surface area contributed by atoms with Crippen LogP contribution in [0.4, 0.5) is 5.82 Å². The van der Waals surface area contributed by atoms with E-state index in [0.717, 1.165) is 100 Å². The minimum Gasteiger partial charge on any atom is -0.381 e. The highest BCUT2D eigenvalue weighted by Gasteiger charge is 2.32. The molecule has 0 unspecified atom stereocenters. The van der Waals surface area contributed by atoms with Gasteiger partial charge in [-0.1, -0.05) is 12.1 Å². The van der Waals surface area contributed by atoms with Gasteiger partial charge in [0.15, 0.2) is 5.65 Å². The quantitative estimate of drug-likeness (QED) is 0.597. The van der Waals surface area contributed by atoms with E-state index < -0.39 is 0 Å². The van der Waals surface area contributed by atoms with E-state index in [1.54, 1.807) is 0 Å². The number of pyridine rings is 1. The molecule has 0 spiro atoms. The number of rotatable bonds is 3. The van der Waals surface area contributed by atoms with Gasteiger partial charge in [0.25, 0.3) is 0 Å². The number of fused-ring (bicyclic) bond motifs is 4. The Kier molecular flexibility index (Phi) is 5.61. The van der Waals surface area contributed by atoms with Crippen LogP contribution in [0.15, 0.2) is 24.3 Å². The van der Waals surface area contributed by atoms with E-state index in [1.807, 2.05) is 18.2 Å². The molecule has 5 heterocycles. The van der Waals surface area contributed by atoms with Crippen molar-refractivity contribution in [1.29, 1.82) is 10.5 Å². The first kappa shape index (κ1) is 21.4. The molecule has 0 aliphatic carbocycles. The van der Waals surface area contributed by atoms with Crippen molar-refractivity contribution >= 4 is 22.5 Å². The van der Waals surface area contributed by atoms with Crippen molar-refractivity contribution in [1.82, 2.24) is 14.3 Å². The second-order valence-corrected chi connectivity index (χ2v) is 9.96. The molecule has 7 nitrogen and oxygen atoms in total. The number of nitrogens with zero attached hydrogens (tertiary/aromatic N) is 6. The molecule has 0 atom stereocenters. The Bertz CT molecular complexity index is 1300. The third-order valence-electron chi connectivity index (χ3n) is 7.94. The molecule has 0 amide bonds. The zero-order valence-corrected chi connectivity index (χ0v) is 19.5. The molecular formula is C27H30N6O. The summed E-state index contributed by atoms with van der Waals surface area (Å²) < 4.78 is 7.81. The third kappa shape index (κ3) is 3.60. The molecule has 7 heteroatoms. The molecule has 6 rings (SSSR count). The number of anilines is 1. The van der Waals surface area contributed by atoms with E-state index in [2.05, 4.69) is 32.4 Å². The average molecular weight is 455 g/mol. The molecule has 0 N–H and O–H groups in total. The van der Waals surface area contributed by atoms with E-state index in [-0.39, 0.29) is 5.92 Å². The average Bonchev–Trinajstić information content (AvgIpc) is 3.27. The van der Waals surface area contributed by atoms with Crippen molar-refractivity contribution in [3.8, 4) is 12.1 Å². The summed E-state index contributed by atoms with van der Waals surface area (Å²) in [4.78, 5) is 9.96. The summed E-state index contributed by atoms with van der Waals surface area (Å²) >= 11 is 0. The zero-order chi connectivity index (χ0) is 23.1. The Morgan fingerprint density at radius 3 is 2.56 bits per heavy atom. The van der Waals surface area contributed by atoms with E-state index in [0.29, 0.717) is 5.92 Å². The molecule has 3 aliphatic heterocycles. The maximum Gasteiger partial charge on any atom is 0.157 e. The number of piperidine rings is 1. The highest BCUT2D eigenvalue weighted by Crippen LogP contribution is 2.38. The van der Waals surface area contributed by atoms with Gasteiger partial charge in [-0.3, -0.25) is 9.30 Å². The Labute approximate surface area is 200 Å². The highest BCUT2D eigenvalue weighted by molar-refractivity contribution is 5.86. The number of para-hydroxylation sites is 2. The predicted octanol–water partition coefficient (Wildman–Crippen LogP) is 3.88. The summed E-state index contributed by atoms with van der Waals surface area (Å²) in [6.45, 7) is 6.38. The molecular weight excluding hydrogens is 424 g/mol. The second kappa shape index (κ2) is 8.91. The van der Waals surface area contributed by atoms with Crippen molar-refractivity contribution < 1.29 is 4.74 Å². The van der Waals surface area contributed by atoms with Crippen LogP contribution in [0.3, 0.4) is 0 Å². The van der Waals surface area contributed by atoms with Crippen LogP contribution in [0.1, 0.15) is 42.4 Å². The fraction of sp³-hybridized carbons (Fsp3) is 0.519. The molecule has 0 bridgehead atoms. The Morgan fingerprint density at radius 2 is 1.79 bits per heavy atom. The lowest BCUT2D eigenvalue weighted by Gasteiger charge is -2.38. The summed E-state index contributed by atoms with van der Waals surface area (Å²) in [5, 5.41) is 19.7. The van der Waals surface area contributed by atoms with Crippen molar-refractivity contribution in [2.45, 2.75) is 38.6 Å².